The number of nitrogens with zero attached hydrogens (tertiary/aromatic N) is 2. The molecule has 3 N–H and O–H groups in total. The van der Waals surface area contributed by atoms with E-state index >= 15 is 0 Å². The van der Waals surface area contributed by atoms with Gasteiger partial charge in [0.1, 0.15) is 5.82 Å². The maximum Gasteiger partial charge on any atom is 0.248 e. The summed E-state index contributed by atoms with van der Waals surface area (Å²) < 4.78 is 14.1. The Morgan fingerprint density at radius 1 is 1.23 bits per heavy atom. The summed E-state index contributed by atoms with van der Waals surface area (Å²) in [6.45, 7) is 1.32. The van der Waals surface area contributed by atoms with E-state index < -0.39 is 11.7 Å². The Balaban J connectivity index is 1.76. The van der Waals surface area contributed by atoms with Crippen LogP contribution in [0.15, 0.2) is 47.9 Å². The lowest BCUT2D eigenvalue weighted by Crippen LogP contribution is -2.23. The number of anilines is 4. The highest BCUT2D eigenvalue weighted by Gasteiger charge is 2.20. The van der Waals surface area contributed by atoms with Gasteiger partial charge >= 0.3 is 0 Å². The first-order valence-electron chi connectivity index (χ1n) is 8.50. The predicted octanol–water partition coefficient (Wildman–Crippen LogP) is 5.51. The third-order valence-electron chi connectivity index (χ3n) is 3.86. The highest BCUT2D eigenvalue weighted by molar-refractivity contribution is 7.14. The number of nitrogens with one attached hydrogen (secondary N) is 1. The van der Waals surface area contributed by atoms with Crippen molar-refractivity contribution in [2.45, 2.75) is 6.92 Å². The van der Waals surface area contributed by atoms with Gasteiger partial charge in [0.05, 0.1) is 27.1 Å². The van der Waals surface area contributed by atoms with E-state index in [0.717, 1.165) is 11.3 Å². The van der Waals surface area contributed by atoms with Crippen LogP contribution >= 0.6 is 34.5 Å². The van der Waals surface area contributed by atoms with Crippen molar-refractivity contribution in [2.24, 2.45) is 0 Å². The van der Waals surface area contributed by atoms with Gasteiger partial charge in [-0.2, -0.15) is 0 Å². The molecule has 0 aliphatic carbocycles. The molecular formula is C20H15Cl2FN4O2S. The van der Waals surface area contributed by atoms with E-state index in [4.69, 9.17) is 28.9 Å². The average molecular weight is 465 g/mol. The third-order valence-corrected chi connectivity index (χ3v) is 5.33. The largest absolute Gasteiger partial charge is 0.396 e. The summed E-state index contributed by atoms with van der Waals surface area (Å²) >= 11 is 13.0. The second-order valence-corrected chi connectivity index (χ2v) is 7.69. The minimum Gasteiger partial charge on any atom is -0.396 e. The fourth-order valence-corrected chi connectivity index (χ4v) is 3.83. The van der Waals surface area contributed by atoms with Gasteiger partial charge in [-0.1, -0.05) is 35.3 Å². The molecular weight excluding hydrogens is 450 g/mol. The standard InChI is InChI=1S/C20H15Cl2FN4O2S/c1-11(28)27(17-5-3-2-4-16(17)23)20-26-12(10-30-20)6-7-18(29)25-13-8-14(21)19(24)15(22)9-13/h2-10H,24H2,1H3,(H,25,29)/b7-6+. The number of halogens is 3. The zero-order valence-electron chi connectivity index (χ0n) is 15.5. The van der Waals surface area contributed by atoms with Gasteiger partial charge in [-0.25, -0.2) is 9.37 Å². The Morgan fingerprint density at radius 3 is 2.53 bits per heavy atom. The molecule has 0 saturated heterocycles. The lowest BCUT2D eigenvalue weighted by atomic mass is 10.2. The molecule has 0 radical (unpaired) electrons. The Hall–Kier alpha value is -2.94. The minimum absolute atomic E-state index is 0.102. The van der Waals surface area contributed by atoms with Crippen molar-refractivity contribution < 1.29 is 14.0 Å². The number of carbonyl (C=O) groups excluding carboxylic acids is 2. The molecule has 3 aromatic rings. The third kappa shape index (κ3) is 4.96. The van der Waals surface area contributed by atoms with E-state index in [9.17, 15) is 14.0 Å². The molecule has 3 rings (SSSR count). The molecule has 0 bridgehead atoms. The Labute approximate surface area is 185 Å². The van der Waals surface area contributed by atoms with E-state index in [-0.39, 0.29) is 32.5 Å². The first kappa shape index (κ1) is 21.8. The second-order valence-electron chi connectivity index (χ2n) is 6.04. The van der Waals surface area contributed by atoms with Gasteiger partial charge in [0, 0.05) is 24.1 Å². The normalized spacial score (nSPS) is 10.9. The smallest absolute Gasteiger partial charge is 0.248 e. The highest BCUT2D eigenvalue weighted by atomic mass is 35.5. The fourth-order valence-electron chi connectivity index (χ4n) is 2.50. The molecule has 30 heavy (non-hydrogen) atoms. The van der Waals surface area contributed by atoms with E-state index in [2.05, 4.69) is 10.3 Å². The van der Waals surface area contributed by atoms with Crippen molar-refractivity contribution >= 4 is 74.6 Å². The molecule has 1 aromatic heterocycles. The molecule has 6 nitrogen and oxygen atoms in total. The number of rotatable bonds is 5. The molecule has 0 aliphatic rings. The molecule has 0 unspecified atom stereocenters. The van der Waals surface area contributed by atoms with Crippen LogP contribution in [0.1, 0.15) is 12.6 Å². The van der Waals surface area contributed by atoms with Crippen LogP contribution in [0.5, 0.6) is 0 Å². The summed E-state index contributed by atoms with van der Waals surface area (Å²) in [5.41, 5.74) is 6.81. The van der Waals surface area contributed by atoms with Crippen molar-refractivity contribution in [3.63, 3.8) is 0 Å². The number of amides is 2. The van der Waals surface area contributed by atoms with Crippen molar-refractivity contribution in [1.82, 2.24) is 4.98 Å². The number of carbonyl (C=O) groups is 2. The molecule has 2 aromatic carbocycles. The molecule has 0 spiro atoms. The van der Waals surface area contributed by atoms with Crippen molar-refractivity contribution in [1.29, 1.82) is 0 Å². The van der Waals surface area contributed by atoms with Gasteiger partial charge in [0.15, 0.2) is 5.13 Å². The first-order chi connectivity index (χ1) is 14.3. The van der Waals surface area contributed by atoms with Crippen LogP contribution in [0, 0.1) is 5.82 Å². The molecule has 0 saturated carbocycles. The van der Waals surface area contributed by atoms with E-state index in [1.165, 1.54) is 54.3 Å². The van der Waals surface area contributed by atoms with Gasteiger partial charge in [0.25, 0.3) is 0 Å². The topological polar surface area (TPSA) is 88.3 Å². The maximum absolute atomic E-state index is 14.1. The monoisotopic (exact) mass is 464 g/mol. The molecule has 0 atom stereocenters. The first-order valence-corrected chi connectivity index (χ1v) is 10.1. The molecule has 1 heterocycles. The molecule has 10 heteroatoms. The van der Waals surface area contributed by atoms with Gasteiger partial charge < -0.3 is 11.1 Å². The van der Waals surface area contributed by atoms with Gasteiger partial charge in [-0.05, 0) is 30.3 Å². The zero-order valence-corrected chi connectivity index (χ0v) is 17.9. The van der Waals surface area contributed by atoms with Gasteiger partial charge in [0.2, 0.25) is 11.8 Å². The SMILES string of the molecule is CC(=O)N(c1nc(/C=C/C(=O)Nc2cc(Cl)c(N)c(Cl)c2)cs1)c1ccccc1F. The number of benzene rings is 2. The summed E-state index contributed by atoms with van der Waals surface area (Å²) in [4.78, 5) is 29.7. The van der Waals surface area contributed by atoms with Crippen LogP contribution in [-0.2, 0) is 9.59 Å². The number of para-hydroxylation sites is 1. The molecule has 2 amide bonds. The van der Waals surface area contributed by atoms with Crippen LogP contribution in [0.2, 0.25) is 10.0 Å². The zero-order chi connectivity index (χ0) is 21.8. The quantitative estimate of drug-likeness (QED) is 0.384. The van der Waals surface area contributed by atoms with Crippen LogP contribution in [0.25, 0.3) is 6.08 Å². The van der Waals surface area contributed by atoms with Crippen LogP contribution in [0.4, 0.5) is 26.6 Å². The van der Waals surface area contributed by atoms with Crippen LogP contribution < -0.4 is 16.0 Å². The summed E-state index contributed by atoms with van der Waals surface area (Å²) in [6.07, 6.45) is 2.73. The lowest BCUT2D eigenvalue weighted by molar-refractivity contribution is -0.116. The van der Waals surface area contributed by atoms with Gasteiger partial charge in [-0.3, -0.25) is 14.5 Å². The maximum atomic E-state index is 14.1. The summed E-state index contributed by atoms with van der Waals surface area (Å²) in [5, 5.41) is 4.99. The molecule has 154 valence electrons. The summed E-state index contributed by atoms with van der Waals surface area (Å²) in [5.74, 6) is -1.38. The second kappa shape index (κ2) is 9.25. The number of nitrogen functional groups attached to an aromatic ring is 1. The molecule has 0 aliphatic heterocycles. The highest BCUT2D eigenvalue weighted by Crippen LogP contribution is 2.32. The van der Waals surface area contributed by atoms with Crippen molar-refractivity contribution in [2.75, 3.05) is 16.0 Å². The number of hydrogen-bond acceptors (Lipinski definition) is 5. The summed E-state index contributed by atoms with van der Waals surface area (Å²) in [7, 11) is 0. The van der Waals surface area contributed by atoms with E-state index in [1.807, 2.05) is 0 Å². The van der Waals surface area contributed by atoms with E-state index in [0.29, 0.717) is 11.4 Å². The molecule has 0 fully saturated rings. The van der Waals surface area contributed by atoms with Crippen LogP contribution in [0.3, 0.4) is 0 Å². The van der Waals surface area contributed by atoms with Crippen molar-refractivity contribution in [3.05, 3.63) is 69.4 Å². The minimum atomic E-state index is -0.541. The van der Waals surface area contributed by atoms with E-state index in [1.54, 1.807) is 11.4 Å². The average Bonchev–Trinajstić information content (AvgIpc) is 3.14. The number of nitrogens with two attached hydrogens (primary N) is 1. The Kier molecular flexibility index (Phi) is 6.71. The number of hydrogen-bond donors (Lipinski definition) is 2. The van der Waals surface area contributed by atoms with Crippen LogP contribution in [-0.4, -0.2) is 16.8 Å². The predicted molar refractivity (Wildman–Crippen MR) is 120 cm³/mol. The summed E-state index contributed by atoms with van der Waals surface area (Å²) in [6, 6.07) is 8.88. The lowest BCUT2D eigenvalue weighted by Gasteiger charge is -2.18. The Morgan fingerprint density at radius 2 is 1.90 bits per heavy atom. The fraction of sp³-hybridized carbons (Fsp3) is 0.0500. The Bertz CT molecular complexity index is 1130. The van der Waals surface area contributed by atoms with Crippen molar-refractivity contribution in [3.8, 4) is 0 Å². The van der Waals surface area contributed by atoms with Gasteiger partial charge in [-0.15, -0.1) is 11.3 Å². The number of thiazole rings is 1. The number of aromatic nitrogens is 1.